The first kappa shape index (κ1) is 31.0. The molecular formula is C28H42N2O9. The number of carbonyl (C=O) groups is 3. The Morgan fingerprint density at radius 2 is 1.90 bits per heavy atom. The van der Waals surface area contributed by atoms with Crippen LogP contribution in [0.25, 0.3) is 0 Å². The Morgan fingerprint density at radius 3 is 2.54 bits per heavy atom. The van der Waals surface area contributed by atoms with E-state index in [1.54, 1.807) is 24.6 Å². The minimum Gasteiger partial charge on any atom is -0.459 e. The number of hydrogen-bond acceptors (Lipinski definition) is 9. The standard InChI is InChI=1S/C28H42N2O9/c1-16(7-10-24-27(34)28(15-36-28)14-21(39-24)13-26(33)30-35)6-9-23-17(2)12-22(19(4)38-23)29-25(32)11-8-18(3)37-20(5)31/h6-8,10-11,17-19,21-24,27,34-35H,9,12-15H2,1-5H3,(H,29,32)(H,30,33)/t17-,18?,19+,21+,22+,23-,24+,27+,28+/m0/s1. The van der Waals surface area contributed by atoms with Crippen LogP contribution in [0.3, 0.4) is 0 Å². The average Bonchev–Trinajstić information content (AvgIpc) is 3.64. The second-order valence-corrected chi connectivity index (χ2v) is 10.9. The quantitative estimate of drug-likeness (QED) is 0.0796. The molecule has 0 bridgehead atoms. The lowest BCUT2D eigenvalue weighted by Crippen LogP contribution is -2.50. The van der Waals surface area contributed by atoms with Crippen LogP contribution in [0.15, 0.2) is 36.0 Å². The fourth-order valence-electron chi connectivity index (χ4n) is 5.14. The van der Waals surface area contributed by atoms with E-state index < -0.39 is 41.9 Å². The zero-order chi connectivity index (χ0) is 28.7. The van der Waals surface area contributed by atoms with Crippen LogP contribution in [-0.4, -0.2) is 83.0 Å². The van der Waals surface area contributed by atoms with Crippen molar-refractivity contribution in [3.63, 3.8) is 0 Å². The molecule has 9 atom stereocenters. The van der Waals surface area contributed by atoms with Gasteiger partial charge in [0.1, 0.15) is 23.9 Å². The van der Waals surface area contributed by atoms with E-state index in [9.17, 15) is 19.5 Å². The first-order valence-electron chi connectivity index (χ1n) is 13.5. The molecule has 3 aliphatic heterocycles. The highest BCUT2D eigenvalue weighted by Gasteiger charge is 2.58. The summed E-state index contributed by atoms with van der Waals surface area (Å²) in [5, 5.41) is 22.5. The predicted octanol–water partition coefficient (Wildman–Crippen LogP) is 1.87. The molecule has 3 aliphatic rings. The number of hydroxylamine groups is 1. The number of ether oxygens (including phenoxy) is 4. The molecule has 1 spiro atoms. The molecule has 0 aromatic heterocycles. The smallest absolute Gasteiger partial charge is 0.303 e. The maximum Gasteiger partial charge on any atom is 0.303 e. The number of hydrogen-bond donors (Lipinski definition) is 4. The van der Waals surface area contributed by atoms with Gasteiger partial charge in [0.25, 0.3) is 0 Å². The number of amides is 2. The molecule has 0 radical (unpaired) electrons. The van der Waals surface area contributed by atoms with Crippen LogP contribution in [-0.2, 0) is 33.3 Å². The molecule has 11 heteroatoms. The summed E-state index contributed by atoms with van der Waals surface area (Å²) in [5.74, 6) is -1.00. The van der Waals surface area contributed by atoms with Crippen molar-refractivity contribution in [2.75, 3.05) is 6.61 Å². The van der Waals surface area contributed by atoms with Gasteiger partial charge < -0.3 is 29.4 Å². The number of epoxide rings is 1. The van der Waals surface area contributed by atoms with Crippen molar-refractivity contribution in [2.45, 2.75) is 109 Å². The van der Waals surface area contributed by atoms with Gasteiger partial charge in [0.15, 0.2) is 0 Å². The summed E-state index contributed by atoms with van der Waals surface area (Å²) in [7, 11) is 0. The first-order chi connectivity index (χ1) is 18.4. The largest absolute Gasteiger partial charge is 0.459 e. The molecule has 0 aromatic rings. The molecule has 3 fully saturated rings. The molecule has 0 saturated carbocycles. The Balaban J connectivity index is 1.50. The zero-order valence-corrected chi connectivity index (χ0v) is 23.3. The Bertz CT molecular complexity index is 974. The third-order valence-electron chi connectivity index (χ3n) is 7.46. The molecule has 4 N–H and O–H groups in total. The topological polar surface area (TPSA) is 156 Å². The van der Waals surface area contributed by atoms with Crippen LogP contribution < -0.4 is 10.8 Å². The summed E-state index contributed by atoms with van der Waals surface area (Å²) in [6, 6.07) is -0.134. The van der Waals surface area contributed by atoms with Crippen molar-refractivity contribution < 1.29 is 43.6 Å². The van der Waals surface area contributed by atoms with Crippen molar-refractivity contribution in [2.24, 2.45) is 5.92 Å². The van der Waals surface area contributed by atoms with Crippen molar-refractivity contribution >= 4 is 17.8 Å². The van der Waals surface area contributed by atoms with Gasteiger partial charge in [-0.25, -0.2) is 5.48 Å². The van der Waals surface area contributed by atoms with Crippen LogP contribution in [0.4, 0.5) is 0 Å². The number of aliphatic hydroxyl groups is 1. The van der Waals surface area contributed by atoms with E-state index in [4.69, 9.17) is 24.2 Å². The summed E-state index contributed by atoms with van der Waals surface area (Å²) in [6.07, 6.45) is 7.83. The predicted molar refractivity (Wildman–Crippen MR) is 140 cm³/mol. The molecule has 0 aromatic carbocycles. The molecular weight excluding hydrogens is 508 g/mol. The van der Waals surface area contributed by atoms with Gasteiger partial charge in [-0.15, -0.1) is 0 Å². The molecule has 11 nitrogen and oxygen atoms in total. The van der Waals surface area contributed by atoms with E-state index in [2.05, 4.69) is 18.3 Å². The summed E-state index contributed by atoms with van der Waals surface area (Å²) in [4.78, 5) is 34.9. The fraction of sp³-hybridized carbons (Fsp3) is 0.679. The van der Waals surface area contributed by atoms with E-state index >= 15 is 0 Å². The monoisotopic (exact) mass is 550 g/mol. The lowest BCUT2D eigenvalue weighted by Gasteiger charge is -2.39. The van der Waals surface area contributed by atoms with Crippen molar-refractivity contribution in [1.82, 2.24) is 10.8 Å². The van der Waals surface area contributed by atoms with Gasteiger partial charge in [-0.1, -0.05) is 30.7 Å². The third kappa shape index (κ3) is 8.97. The lowest BCUT2D eigenvalue weighted by molar-refractivity contribution is -0.149. The van der Waals surface area contributed by atoms with Gasteiger partial charge in [-0.3, -0.25) is 19.6 Å². The van der Waals surface area contributed by atoms with Gasteiger partial charge in [0, 0.05) is 19.4 Å². The highest BCUT2D eigenvalue weighted by molar-refractivity contribution is 5.87. The van der Waals surface area contributed by atoms with Gasteiger partial charge in [0.2, 0.25) is 11.8 Å². The maximum absolute atomic E-state index is 12.3. The first-order valence-corrected chi connectivity index (χ1v) is 13.5. The highest BCUT2D eigenvalue weighted by atomic mass is 16.6. The Labute approximate surface area is 229 Å². The lowest BCUT2D eigenvalue weighted by atomic mass is 9.87. The number of esters is 1. The van der Waals surface area contributed by atoms with Crippen LogP contribution in [0.5, 0.6) is 0 Å². The minimum atomic E-state index is -0.843. The molecule has 39 heavy (non-hydrogen) atoms. The van der Waals surface area contributed by atoms with Crippen molar-refractivity contribution in [3.05, 3.63) is 36.0 Å². The Kier molecular flexibility index (Phi) is 10.9. The molecule has 3 rings (SSSR count). The van der Waals surface area contributed by atoms with Crippen LogP contribution in [0.2, 0.25) is 0 Å². The van der Waals surface area contributed by atoms with E-state index in [1.165, 1.54) is 13.0 Å². The SMILES string of the molecule is CC(=O)OC(C)C=CC(=O)N[C@@H]1C[C@H](C)[C@H](CC=C(C)C=C[C@H]2O[C@H](CC(=O)NO)C[C@@]3(CO3)[C@@H]2O)O[C@@H]1C. The van der Waals surface area contributed by atoms with E-state index in [0.29, 0.717) is 19.4 Å². The van der Waals surface area contributed by atoms with Gasteiger partial charge in [0.05, 0.1) is 37.4 Å². The van der Waals surface area contributed by atoms with Crippen molar-refractivity contribution in [1.29, 1.82) is 0 Å². The Hall–Kier alpha value is -2.57. The molecule has 2 amide bonds. The summed E-state index contributed by atoms with van der Waals surface area (Å²) in [6.45, 7) is 9.41. The molecule has 3 saturated heterocycles. The van der Waals surface area contributed by atoms with Gasteiger partial charge in [-0.05, 0) is 45.6 Å². The summed E-state index contributed by atoms with van der Waals surface area (Å²) >= 11 is 0. The minimum absolute atomic E-state index is 0.0166. The molecule has 1 unspecified atom stereocenters. The van der Waals surface area contributed by atoms with Crippen LogP contribution in [0.1, 0.15) is 60.3 Å². The number of aliphatic hydroxyl groups excluding tert-OH is 1. The summed E-state index contributed by atoms with van der Waals surface area (Å²) < 4.78 is 22.7. The normalized spacial score (nSPS) is 35.7. The second kappa shape index (κ2) is 13.7. The second-order valence-electron chi connectivity index (χ2n) is 10.9. The van der Waals surface area contributed by atoms with E-state index in [-0.39, 0.29) is 36.5 Å². The van der Waals surface area contributed by atoms with Crippen LogP contribution in [0, 0.1) is 5.92 Å². The van der Waals surface area contributed by atoms with E-state index in [0.717, 1.165) is 12.0 Å². The third-order valence-corrected chi connectivity index (χ3v) is 7.46. The van der Waals surface area contributed by atoms with Crippen LogP contribution >= 0.6 is 0 Å². The number of allylic oxidation sites excluding steroid dienone is 2. The highest BCUT2D eigenvalue weighted by Crippen LogP contribution is 2.43. The van der Waals surface area contributed by atoms with Gasteiger partial charge >= 0.3 is 5.97 Å². The average molecular weight is 551 g/mol. The number of nitrogens with one attached hydrogen (secondary N) is 2. The number of rotatable bonds is 10. The molecule has 0 aliphatic carbocycles. The number of carbonyl (C=O) groups excluding carboxylic acids is 3. The summed E-state index contributed by atoms with van der Waals surface area (Å²) in [5.41, 5.74) is 1.89. The maximum atomic E-state index is 12.3. The Morgan fingerprint density at radius 1 is 1.18 bits per heavy atom. The van der Waals surface area contributed by atoms with Crippen molar-refractivity contribution in [3.8, 4) is 0 Å². The molecule has 3 heterocycles. The van der Waals surface area contributed by atoms with Gasteiger partial charge in [-0.2, -0.15) is 0 Å². The van der Waals surface area contributed by atoms with E-state index in [1.807, 2.05) is 19.9 Å². The zero-order valence-electron chi connectivity index (χ0n) is 23.3. The fourth-order valence-corrected chi connectivity index (χ4v) is 5.14. The molecule has 218 valence electrons.